The lowest BCUT2D eigenvalue weighted by atomic mass is 10.1. The number of benzene rings is 1. The number of rotatable bonds is 5. The van der Waals surface area contributed by atoms with Gasteiger partial charge in [-0.25, -0.2) is 4.98 Å². The zero-order valence-corrected chi connectivity index (χ0v) is 14.0. The van der Waals surface area contributed by atoms with E-state index in [-0.39, 0.29) is 0 Å². The summed E-state index contributed by atoms with van der Waals surface area (Å²) in [7, 11) is 3.28. The maximum absolute atomic E-state index is 9.32. The van der Waals surface area contributed by atoms with Crippen LogP contribution < -0.4 is 9.47 Å². The van der Waals surface area contributed by atoms with Gasteiger partial charge in [0.1, 0.15) is 22.6 Å². The summed E-state index contributed by atoms with van der Waals surface area (Å²) in [5.41, 5.74) is 3.51. The van der Waals surface area contributed by atoms with Crippen molar-refractivity contribution in [1.29, 1.82) is 5.26 Å². The van der Waals surface area contributed by atoms with Gasteiger partial charge in [0.15, 0.2) is 0 Å². The lowest BCUT2D eigenvalue weighted by Gasteiger charge is -2.11. The highest BCUT2D eigenvalue weighted by atomic mass is 32.2. The third-order valence-corrected chi connectivity index (χ3v) is 4.30. The largest absolute Gasteiger partial charge is 0.497 e. The molecule has 0 atom stereocenters. The van der Waals surface area contributed by atoms with E-state index in [9.17, 15) is 5.26 Å². The van der Waals surface area contributed by atoms with Gasteiger partial charge in [-0.15, -0.1) is 11.8 Å². The fourth-order valence-electron chi connectivity index (χ4n) is 2.18. The molecule has 1 aromatic heterocycles. The Morgan fingerprint density at radius 1 is 1.18 bits per heavy atom. The monoisotopic (exact) mass is 314 g/mol. The van der Waals surface area contributed by atoms with Crippen LogP contribution >= 0.6 is 11.8 Å². The molecule has 4 nitrogen and oxygen atoms in total. The fourth-order valence-corrected chi connectivity index (χ4v) is 3.26. The molecule has 22 heavy (non-hydrogen) atoms. The number of pyridine rings is 1. The van der Waals surface area contributed by atoms with Crippen LogP contribution in [0, 0.1) is 25.2 Å². The smallest absolute Gasteiger partial charge is 0.123 e. The molecule has 0 N–H and O–H groups in total. The van der Waals surface area contributed by atoms with Gasteiger partial charge in [-0.1, -0.05) is 0 Å². The summed E-state index contributed by atoms with van der Waals surface area (Å²) in [5, 5.41) is 10.1. The maximum Gasteiger partial charge on any atom is 0.123 e. The SMILES string of the molecule is COc1ccc(OC)c(CSc2nc(C)cc(C)c2C#N)c1. The Hall–Kier alpha value is -2.19. The maximum atomic E-state index is 9.32. The third kappa shape index (κ3) is 3.52. The lowest BCUT2D eigenvalue weighted by Crippen LogP contribution is -1.96. The van der Waals surface area contributed by atoms with Gasteiger partial charge in [0.2, 0.25) is 0 Å². The van der Waals surface area contributed by atoms with Crippen LogP contribution in [-0.2, 0) is 5.75 Å². The van der Waals surface area contributed by atoms with E-state index in [1.807, 2.05) is 38.1 Å². The van der Waals surface area contributed by atoms with Crippen molar-refractivity contribution in [2.45, 2.75) is 24.6 Å². The fraction of sp³-hybridized carbons (Fsp3) is 0.294. The van der Waals surface area contributed by atoms with Gasteiger partial charge in [0.25, 0.3) is 0 Å². The van der Waals surface area contributed by atoms with Crippen molar-refractivity contribution in [2.75, 3.05) is 14.2 Å². The van der Waals surface area contributed by atoms with Crippen LogP contribution in [0.4, 0.5) is 0 Å². The number of thioether (sulfide) groups is 1. The highest BCUT2D eigenvalue weighted by Crippen LogP contribution is 2.32. The second-order valence-electron chi connectivity index (χ2n) is 4.84. The van der Waals surface area contributed by atoms with Crippen molar-refractivity contribution in [3.05, 3.63) is 46.6 Å². The molecule has 1 aromatic carbocycles. The molecule has 0 aliphatic rings. The molecule has 0 fully saturated rings. The van der Waals surface area contributed by atoms with Gasteiger partial charge in [-0.05, 0) is 43.7 Å². The topological polar surface area (TPSA) is 55.1 Å². The molecule has 0 aliphatic heterocycles. The number of methoxy groups -OCH3 is 2. The lowest BCUT2D eigenvalue weighted by molar-refractivity contribution is 0.400. The van der Waals surface area contributed by atoms with Gasteiger partial charge in [-0.2, -0.15) is 5.26 Å². The number of nitrogens with zero attached hydrogens (tertiary/aromatic N) is 2. The molecule has 0 amide bonds. The van der Waals surface area contributed by atoms with E-state index in [1.165, 1.54) is 11.8 Å². The second kappa shape index (κ2) is 7.19. The molecule has 0 aliphatic carbocycles. The van der Waals surface area contributed by atoms with Crippen molar-refractivity contribution < 1.29 is 9.47 Å². The molecule has 0 spiro atoms. The molecule has 5 heteroatoms. The van der Waals surface area contributed by atoms with Crippen LogP contribution in [-0.4, -0.2) is 19.2 Å². The Morgan fingerprint density at radius 3 is 2.59 bits per heavy atom. The number of ether oxygens (including phenoxy) is 2. The van der Waals surface area contributed by atoms with E-state index >= 15 is 0 Å². The van der Waals surface area contributed by atoms with Crippen molar-refractivity contribution in [2.24, 2.45) is 0 Å². The molecule has 2 aromatic rings. The highest BCUT2D eigenvalue weighted by molar-refractivity contribution is 7.98. The Bertz CT molecular complexity index is 723. The first-order chi connectivity index (χ1) is 10.6. The Labute approximate surface area is 135 Å². The first-order valence-electron chi connectivity index (χ1n) is 6.81. The predicted molar refractivity (Wildman–Crippen MR) is 87.5 cm³/mol. The Balaban J connectivity index is 2.29. The summed E-state index contributed by atoms with van der Waals surface area (Å²) in [6.45, 7) is 3.87. The van der Waals surface area contributed by atoms with Gasteiger partial charge in [0, 0.05) is 17.0 Å². The molecule has 114 valence electrons. The molecule has 0 radical (unpaired) electrons. The van der Waals surface area contributed by atoms with Crippen LogP contribution in [0.1, 0.15) is 22.4 Å². The van der Waals surface area contributed by atoms with Crippen molar-refractivity contribution in [3.63, 3.8) is 0 Å². The van der Waals surface area contributed by atoms with Gasteiger partial charge < -0.3 is 9.47 Å². The quantitative estimate of drug-likeness (QED) is 0.784. The molecular formula is C17H18N2O2S. The number of aryl methyl sites for hydroxylation is 2. The summed E-state index contributed by atoms with van der Waals surface area (Å²) in [5.74, 6) is 2.24. The Morgan fingerprint density at radius 2 is 1.95 bits per heavy atom. The zero-order chi connectivity index (χ0) is 16.1. The van der Waals surface area contributed by atoms with E-state index in [0.29, 0.717) is 11.3 Å². The third-order valence-electron chi connectivity index (χ3n) is 3.28. The standard InChI is InChI=1S/C17H18N2O2S/c1-11-7-12(2)19-17(15(11)9-18)22-10-13-8-14(20-3)5-6-16(13)21-4/h5-8H,10H2,1-4H3. The van der Waals surface area contributed by atoms with Crippen LogP contribution in [0.15, 0.2) is 29.3 Å². The van der Waals surface area contributed by atoms with Crippen molar-refractivity contribution in [3.8, 4) is 17.6 Å². The van der Waals surface area contributed by atoms with E-state index in [2.05, 4.69) is 11.1 Å². The van der Waals surface area contributed by atoms with E-state index in [4.69, 9.17) is 9.47 Å². The summed E-state index contributed by atoms with van der Waals surface area (Å²) >= 11 is 1.53. The minimum atomic E-state index is 0.637. The minimum Gasteiger partial charge on any atom is -0.497 e. The Kier molecular flexibility index (Phi) is 5.29. The highest BCUT2D eigenvalue weighted by Gasteiger charge is 2.12. The van der Waals surface area contributed by atoms with E-state index < -0.39 is 0 Å². The molecule has 0 saturated heterocycles. The predicted octanol–water partition coefficient (Wildman–Crippen LogP) is 3.88. The van der Waals surface area contributed by atoms with Gasteiger partial charge in [0.05, 0.1) is 19.8 Å². The van der Waals surface area contributed by atoms with Crippen LogP contribution in [0.25, 0.3) is 0 Å². The molecular weight excluding hydrogens is 296 g/mol. The zero-order valence-electron chi connectivity index (χ0n) is 13.1. The number of hydrogen-bond donors (Lipinski definition) is 0. The molecule has 0 saturated carbocycles. The van der Waals surface area contributed by atoms with Gasteiger partial charge >= 0.3 is 0 Å². The first kappa shape index (κ1) is 16.2. The van der Waals surface area contributed by atoms with Crippen LogP contribution in [0.5, 0.6) is 11.5 Å². The summed E-state index contributed by atoms with van der Waals surface area (Å²) < 4.78 is 10.6. The number of aromatic nitrogens is 1. The van der Waals surface area contributed by atoms with Crippen LogP contribution in [0.3, 0.4) is 0 Å². The van der Waals surface area contributed by atoms with Gasteiger partial charge in [-0.3, -0.25) is 0 Å². The summed E-state index contributed by atoms with van der Waals surface area (Å²) in [6, 6.07) is 9.86. The number of nitriles is 1. The normalized spacial score (nSPS) is 10.1. The summed E-state index contributed by atoms with van der Waals surface area (Å²) in [6.07, 6.45) is 0. The van der Waals surface area contributed by atoms with Crippen LogP contribution in [0.2, 0.25) is 0 Å². The number of hydrogen-bond acceptors (Lipinski definition) is 5. The molecule has 1 heterocycles. The average Bonchev–Trinajstić information content (AvgIpc) is 2.52. The second-order valence-corrected chi connectivity index (χ2v) is 5.80. The molecule has 0 bridgehead atoms. The van der Waals surface area contributed by atoms with E-state index in [1.54, 1.807) is 14.2 Å². The molecule has 0 unspecified atom stereocenters. The first-order valence-corrected chi connectivity index (χ1v) is 7.79. The molecule has 2 rings (SSSR count). The average molecular weight is 314 g/mol. The van der Waals surface area contributed by atoms with E-state index in [0.717, 1.165) is 33.3 Å². The van der Waals surface area contributed by atoms with Crippen molar-refractivity contribution in [1.82, 2.24) is 4.98 Å². The minimum absolute atomic E-state index is 0.637. The summed E-state index contributed by atoms with van der Waals surface area (Å²) in [4.78, 5) is 4.49. The van der Waals surface area contributed by atoms with Crippen molar-refractivity contribution >= 4 is 11.8 Å².